The van der Waals surface area contributed by atoms with E-state index >= 15 is 0 Å². The van der Waals surface area contributed by atoms with Crippen molar-refractivity contribution < 1.29 is 5.11 Å². The number of nitrogens with zero attached hydrogens (tertiary/aromatic N) is 1. The maximum Gasteiger partial charge on any atom is 0.148 e. The summed E-state index contributed by atoms with van der Waals surface area (Å²) in [5.41, 5.74) is -0.311. The zero-order valence-electron chi connectivity index (χ0n) is 7.20. The Morgan fingerprint density at radius 1 is 1.46 bits per heavy atom. The van der Waals surface area contributed by atoms with Crippen LogP contribution in [0.15, 0.2) is 33.9 Å². The molecule has 0 amide bonds. The number of benzene rings is 1. The van der Waals surface area contributed by atoms with Crippen molar-refractivity contribution in [1.29, 1.82) is 0 Å². The molecule has 0 spiro atoms. The number of halogens is 1. The van der Waals surface area contributed by atoms with Gasteiger partial charge in [-0.3, -0.25) is 0 Å². The summed E-state index contributed by atoms with van der Waals surface area (Å²) in [5.74, 6) is 0. The van der Waals surface area contributed by atoms with Gasteiger partial charge in [-0.25, -0.2) is 0 Å². The second-order valence-corrected chi connectivity index (χ2v) is 3.95. The highest BCUT2D eigenvalue weighted by Crippen LogP contribution is 2.25. The molecule has 0 unspecified atom stereocenters. The maximum absolute atomic E-state index is 10.5. The average Bonchev–Trinajstić information content (AvgIpc) is 2.18. The lowest BCUT2D eigenvalue weighted by Gasteiger charge is -2.18. The van der Waals surface area contributed by atoms with Gasteiger partial charge in [0, 0.05) is 4.47 Å². The van der Waals surface area contributed by atoms with Crippen LogP contribution in [0.2, 0.25) is 0 Å². The van der Waals surface area contributed by atoms with Gasteiger partial charge in [0.1, 0.15) is 5.54 Å². The summed E-state index contributed by atoms with van der Waals surface area (Å²) in [6.07, 6.45) is 0. The normalized spacial score (nSPS) is 15.0. The average molecular weight is 244 g/mol. The minimum Gasteiger partial charge on any atom is -0.393 e. The molecule has 13 heavy (non-hydrogen) atoms. The van der Waals surface area contributed by atoms with Crippen molar-refractivity contribution >= 4 is 15.9 Å². The topological polar surface area (TPSA) is 49.7 Å². The first-order valence-electron chi connectivity index (χ1n) is 3.84. The van der Waals surface area contributed by atoms with Crippen LogP contribution < -0.4 is 0 Å². The van der Waals surface area contributed by atoms with Gasteiger partial charge in [0.15, 0.2) is 0 Å². The van der Waals surface area contributed by atoms with Crippen LogP contribution in [-0.4, -0.2) is 11.7 Å². The zero-order valence-corrected chi connectivity index (χ0v) is 8.78. The molecule has 0 fully saturated rings. The summed E-state index contributed by atoms with van der Waals surface area (Å²) < 4.78 is 0.933. The van der Waals surface area contributed by atoms with E-state index in [4.69, 9.17) is 5.11 Å². The van der Waals surface area contributed by atoms with Crippen molar-refractivity contribution in [2.45, 2.75) is 12.5 Å². The van der Waals surface area contributed by atoms with Crippen LogP contribution in [0.5, 0.6) is 0 Å². The van der Waals surface area contributed by atoms with Crippen LogP contribution in [0.4, 0.5) is 0 Å². The van der Waals surface area contributed by atoms with Crippen LogP contribution in [0.3, 0.4) is 0 Å². The van der Waals surface area contributed by atoms with E-state index in [1.54, 1.807) is 19.1 Å². The van der Waals surface area contributed by atoms with Crippen molar-refractivity contribution in [3.05, 3.63) is 39.2 Å². The van der Waals surface area contributed by atoms with Crippen molar-refractivity contribution in [2.24, 2.45) is 5.18 Å². The number of aliphatic hydroxyl groups excluding tert-OH is 1. The maximum atomic E-state index is 10.5. The highest BCUT2D eigenvalue weighted by molar-refractivity contribution is 9.10. The van der Waals surface area contributed by atoms with E-state index < -0.39 is 5.54 Å². The summed E-state index contributed by atoms with van der Waals surface area (Å²) >= 11 is 3.28. The van der Waals surface area contributed by atoms with E-state index in [-0.39, 0.29) is 6.61 Å². The third-order valence-electron chi connectivity index (χ3n) is 1.98. The van der Waals surface area contributed by atoms with Gasteiger partial charge in [0.05, 0.1) is 6.61 Å². The first-order valence-corrected chi connectivity index (χ1v) is 4.63. The minimum atomic E-state index is -1.03. The Morgan fingerprint density at radius 3 is 2.38 bits per heavy atom. The van der Waals surface area contributed by atoms with Crippen LogP contribution in [0, 0.1) is 4.91 Å². The molecule has 1 atom stereocenters. The first-order chi connectivity index (χ1) is 6.12. The van der Waals surface area contributed by atoms with Crippen molar-refractivity contribution in [2.75, 3.05) is 6.61 Å². The third kappa shape index (κ3) is 2.14. The number of hydrogen-bond acceptors (Lipinski definition) is 3. The lowest BCUT2D eigenvalue weighted by Crippen LogP contribution is -2.23. The molecule has 0 saturated carbocycles. The summed E-state index contributed by atoms with van der Waals surface area (Å²) in [7, 11) is 0. The zero-order chi connectivity index (χ0) is 9.90. The fraction of sp³-hybridized carbons (Fsp3) is 0.333. The van der Waals surface area contributed by atoms with Gasteiger partial charge in [-0.15, -0.1) is 4.91 Å². The van der Waals surface area contributed by atoms with E-state index in [2.05, 4.69) is 21.1 Å². The monoisotopic (exact) mass is 243 g/mol. The fourth-order valence-electron chi connectivity index (χ4n) is 0.982. The number of nitroso groups, excluding NO2 is 1. The number of aliphatic hydroxyl groups is 1. The Hall–Kier alpha value is -0.740. The molecule has 0 radical (unpaired) electrons. The van der Waals surface area contributed by atoms with Crippen molar-refractivity contribution in [3.63, 3.8) is 0 Å². The smallest absolute Gasteiger partial charge is 0.148 e. The highest BCUT2D eigenvalue weighted by Gasteiger charge is 2.26. The predicted octanol–water partition coefficient (Wildman–Crippen LogP) is 2.42. The number of rotatable bonds is 3. The summed E-state index contributed by atoms with van der Waals surface area (Å²) in [6, 6.07) is 7.16. The predicted molar refractivity (Wildman–Crippen MR) is 54.4 cm³/mol. The Kier molecular flexibility index (Phi) is 3.17. The minimum absolute atomic E-state index is 0.280. The molecule has 0 aliphatic carbocycles. The van der Waals surface area contributed by atoms with Crippen LogP contribution >= 0.6 is 15.9 Å². The number of hydrogen-bond donors (Lipinski definition) is 1. The molecule has 4 heteroatoms. The van der Waals surface area contributed by atoms with Crippen molar-refractivity contribution in [3.8, 4) is 0 Å². The second kappa shape index (κ2) is 3.98. The molecule has 1 aromatic carbocycles. The van der Waals surface area contributed by atoms with E-state index in [9.17, 15) is 4.91 Å². The van der Waals surface area contributed by atoms with Crippen LogP contribution in [0.1, 0.15) is 12.5 Å². The Balaban J connectivity index is 3.06. The van der Waals surface area contributed by atoms with E-state index in [1.165, 1.54) is 0 Å². The molecule has 70 valence electrons. The van der Waals surface area contributed by atoms with E-state index in [0.717, 1.165) is 4.47 Å². The van der Waals surface area contributed by atoms with Gasteiger partial charge < -0.3 is 5.11 Å². The second-order valence-electron chi connectivity index (χ2n) is 3.03. The SMILES string of the molecule is C[C@@](CO)(N=O)c1ccc(Br)cc1. The molecule has 1 aromatic rings. The lowest BCUT2D eigenvalue weighted by atomic mass is 9.94. The van der Waals surface area contributed by atoms with E-state index in [0.29, 0.717) is 5.56 Å². The Bertz CT molecular complexity index is 299. The van der Waals surface area contributed by atoms with Crippen molar-refractivity contribution in [1.82, 2.24) is 0 Å². The molecule has 0 heterocycles. The Morgan fingerprint density at radius 2 is 2.00 bits per heavy atom. The van der Waals surface area contributed by atoms with Gasteiger partial charge in [-0.05, 0) is 24.6 Å². The molecule has 0 aliphatic heterocycles. The lowest BCUT2D eigenvalue weighted by molar-refractivity contribution is 0.210. The highest BCUT2D eigenvalue weighted by atomic mass is 79.9. The van der Waals surface area contributed by atoms with Gasteiger partial charge in [0.25, 0.3) is 0 Å². The molecule has 0 bridgehead atoms. The molecule has 1 rings (SSSR count). The molecule has 0 saturated heterocycles. The van der Waals surface area contributed by atoms with Crippen LogP contribution in [-0.2, 0) is 5.54 Å². The third-order valence-corrected chi connectivity index (χ3v) is 2.50. The van der Waals surface area contributed by atoms with Gasteiger partial charge in [-0.2, -0.15) is 0 Å². The van der Waals surface area contributed by atoms with Crippen LogP contribution in [0.25, 0.3) is 0 Å². The summed E-state index contributed by atoms with van der Waals surface area (Å²) in [5, 5.41) is 11.9. The Labute approximate surface area is 84.9 Å². The molecule has 1 N–H and O–H groups in total. The first kappa shape index (κ1) is 10.3. The molecule has 0 aliphatic rings. The standard InChI is InChI=1S/C9H10BrNO2/c1-9(6-12,11-13)7-2-4-8(10)5-3-7/h2-5,12H,6H2,1H3/t9-/m0/s1. The molecule has 0 aromatic heterocycles. The molecular formula is C9H10BrNO2. The van der Waals surface area contributed by atoms with Gasteiger partial charge in [0.2, 0.25) is 0 Å². The van der Waals surface area contributed by atoms with Gasteiger partial charge >= 0.3 is 0 Å². The largest absolute Gasteiger partial charge is 0.393 e. The quantitative estimate of drug-likeness (QED) is 0.830. The summed E-state index contributed by atoms with van der Waals surface area (Å²) in [6.45, 7) is 1.32. The molecular weight excluding hydrogens is 234 g/mol. The molecule has 3 nitrogen and oxygen atoms in total. The van der Waals surface area contributed by atoms with E-state index in [1.807, 2.05) is 12.1 Å². The van der Waals surface area contributed by atoms with Gasteiger partial charge in [-0.1, -0.05) is 33.2 Å². The fourth-order valence-corrected chi connectivity index (χ4v) is 1.25. The summed E-state index contributed by atoms with van der Waals surface area (Å²) in [4.78, 5) is 10.5.